The molecule has 0 unspecified atom stereocenters. The average Bonchev–Trinajstić information content (AvgIpc) is 3.78. The maximum atomic E-state index is 16.6. The van der Waals surface area contributed by atoms with Crippen molar-refractivity contribution in [2.75, 3.05) is 51.3 Å². The third-order valence-electron chi connectivity index (χ3n) is 9.07. The summed E-state index contributed by atoms with van der Waals surface area (Å²) in [5, 5.41) is 3.57. The number of halogens is 3. The summed E-state index contributed by atoms with van der Waals surface area (Å²) in [7, 11) is 2.02. The molecule has 0 N–H and O–H groups in total. The van der Waals surface area contributed by atoms with Gasteiger partial charge in [-0.2, -0.15) is 9.97 Å². The van der Waals surface area contributed by atoms with Crippen LogP contribution in [0.1, 0.15) is 17.8 Å². The molecule has 250 valence electrons. The summed E-state index contributed by atoms with van der Waals surface area (Å²) in [4.78, 5) is 39.8. The maximum Gasteiger partial charge on any atom is 0.319 e. The summed E-state index contributed by atoms with van der Waals surface area (Å²) in [6.07, 6.45) is 6.07. The number of ether oxygens (including phenoxy) is 1. The summed E-state index contributed by atoms with van der Waals surface area (Å²) < 4.78 is 52.1. The van der Waals surface area contributed by atoms with Gasteiger partial charge in [-0.25, -0.2) is 24.7 Å². The fourth-order valence-electron chi connectivity index (χ4n) is 6.52. The van der Waals surface area contributed by atoms with Crippen LogP contribution in [0.2, 0.25) is 0 Å². The molecule has 0 spiro atoms. The number of rotatable bonds is 8. The molecule has 0 saturated carbocycles. The van der Waals surface area contributed by atoms with Gasteiger partial charge >= 0.3 is 6.01 Å². The Morgan fingerprint density at radius 2 is 2.00 bits per heavy atom. The minimum absolute atomic E-state index is 0.00128. The molecule has 5 aromatic rings. The van der Waals surface area contributed by atoms with Crippen molar-refractivity contribution < 1.29 is 22.7 Å². The molecule has 2 atom stereocenters. The Kier molecular flexibility index (Phi) is 9.11. The van der Waals surface area contributed by atoms with E-state index in [4.69, 9.17) is 16.3 Å². The number of nitrogens with zero attached hydrogens (tertiary/aromatic N) is 8. The fraction of sp³-hybridized carbons (Fsp3) is 0.314. The van der Waals surface area contributed by atoms with E-state index in [-0.39, 0.29) is 49.4 Å². The lowest BCUT2D eigenvalue weighted by atomic mass is 10.0. The van der Waals surface area contributed by atoms with Crippen LogP contribution in [0.25, 0.3) is 43.9 Å². The lowest BCUT2D eigenvalue weighted by Gasteiger charge is -2.39. The number of carbonyl (C=O) groups is 1. The van der Waals surface area contributed by atoms with E-state index >= 15 is 8.78 Å². The van der Waals surface area contributed by atoms with Gasteiger partial charge in [0.05, 0.1) is 5.39 Å². The standard InChI is InChI=1S/C35H31F3N8O2S/c1-39-17-24-19-45(12-13-46(24)34(47)28(37)16-29-40-10-14-49-29)33-27-18-41-31(25-7-3-5-21-8-9-22(36)15-26(21)25)30(38)32(27)42-35(43-33)48-20-23-6-4-11-44(23)2/h3,5,7-10,14-16,18,23-24H,4,6,11-13,17,19-20H2,2H3/b28-16-/t23-,24-/m0/s1. The lowest BCUT2D eigenvalue weighted by molar-refractivity contribution is -0.130. The smallest absolute Gasteiger partial charge is 0.319 e. The van der Waals surface area contributed by atoms with E-state index in [1.54, 1.807) is 23.6 Å². The van der Waals surface area contributed by atoms with Crippen LogP contribution in [0.3, 0.4) is 0 Å². The highest BCUT2D eigenvalue weighted by Gasteiger charge is 2.36. The van der Waals surface area contributed by atoms with Gasteiger partial charge in [0.1, 0.15) is 40.5 Å². The Balaban J connectivity index is 1.27. The molecule has 1 amide bonds. The van der Waals surface area contributed by atoms with Crippen LogP contribution >= 0.6 is 11.3 Å². The number of hydrogen-bond acceptors (Lipinski definition) is 9. The quantitative estimate of drug-likeness (QED) is 0.145. The second-order valence-corrected chi connectivity index (χ2v) is 13.0. The normalized spacial score (nSPS) is 18.7. The number of hydrogen-bond donors (Lipinski definition) is 0. The molecular formula is C35H31F3N8O2S. The SMILES string of the molecule is [C-]#[N+]C[C@H]1CN(c2nc(OC[C@@H]3CCCN3C)nc3c(F)c(-c4cccc5ccc(F)cc45)ncc23)CCN1C(=O)/C(F)=C/c1nccs1. The van der Waals surface area contributed by atoms with Gasteiger partial charge in [0.25, 0.3) is 5.91 Å². The summed E-state index contributed by atoms with van der Waals surface area (Å²) >= 11 is 1.20. The van der Waals surface area contributed by atoms with E-state index in [0.29, 0.717) is 33.8 Å². The Morgan fingerprint density at radius 1 is 1.12 bits per heavy atom. The largest absolute Gasteiger partial charge is 0.462 e. The summed E-state index contributed by atoms with van der Waals surface area (Å²) in [5.41, 5.74) is 0.373. The zero-order chi connectivity index (χ0) is 34.1. The number of pyridine rings is 1. The molecule has 3 aromatic heterocycles. The molecule has 7 rings (SSSR count). The highest BCUT2D eigenvalue weighted by molar-refractivity contribution is 7.10. The fourth-order valence-corrected chi connectivity index (χ4v) is 7.07. The van der Waals surface area contributed by atoms with Crippen LogP contribution in [0.15, 0.2) is 60.0 Å². The van der Waals surface area contributed by atoms with E-state index < -0.39 is 29.4 Å². The van der Waals surface area contributed by atoms with Gasteiger partial charge in [0.2, 0.25) is 6.54 Å². The number of piperazine rings is 1. The third kappa shape index (κ3) is 6.51. The van der Waals surface area contributed by atoms with E-state index in [2.05, 4.69) is 24.7 Å². The molecule has 2 fully saturated rings. The van der Waals surface area contributed by atoms with Gasteiger partial charge in [-0.15, -0.1) is 11.3 Å². The molecule has 0 radical (unpaired) electrons. The van der Waals surface area contributed by atoms with Crippen molar-refractivity contribution in [2.24, 2.45) is 0 Å². The first-order valence-corrected chi connectivity index (χ1v) is 16.7. The summed E-state index contributed by atoms with van der Waals surface area (Å²) in [6.45, 7) is 9.14. The molecule has 2 aliphatic heterocycles. The highest BCUT2D eigenvalue weighted by Crippen LogP contribution is 2.36. The van der Waals surface area contributed by atoms with Gasteiger partial charge in [0, 0.05) is 55.1 Å². The first kappa shape index (κ1) is 32.4. The first-order chi connectivity index (χ1) is 23.8. The topological polar surface area (TPSA) is 91.9 Å². The van der Waals surface area contributed by atoms with Gasteiger partial charge in [-0.3, -0.25) is 9.78 Å². The van der Waals surface area contributed by atoms with E-state index in [1.165, 1.54) is 40.8 Å². The molecule has 14 heteroatoms. The van der Waals surface area contributed by atoms with Crippen LogP contribution in [0, 0.1) is 18.2 Å². The van der Waals surface area contributed by atoms with Crippen molar-refractivity contribution in [2.45, 2.75) is 24.9 Å². The number of benzene rings is 2. The Labute approximate surface area is 284 Å². The number of fused-ring (bicyclic) bond motifs is 2. The van der Waals surface area contributed by atoms with Crippen molar-refractivity contribution in [1.82, 2.24) is 29.7 Å². The van der Waals surface area contributed by atoms with E-state index in [1.807, 2.05) is 18.0 Å². The van der Waals surface area contributed by atoms with Gasteiger partial charge in [0.15, 0.2) is 11.6 Å². The van der Waals surface area contributed by atoms with E-state index in [0.717, 1.165) is 30.8 Å². The number of likely N-dealkylation sites (tertiary alicyclic amines) is 1. The maximum absolute atomic E-state index is 16.6. The molecule has 0 bridgehead atoms. The second-order valence-electron chi connectivity index (χ2n) is 12.1. The minimum Gasteiger partial charge on any atom is -0.462 e. The number of amides is 1. The van der Waals surface area contributed by atoms with Gasteiger partial charge in [-0.1, -0.05) is 24.3 Å². The van der Waals surface area contributed by atoms with Crippen molar-refractivity contribution in [3.05, 3.63) is 88.1 Å². The van der Waals surface area contributed by atoms with Crippen LogP contribution in [-0.4, -0.2) is 94.1 Å². The minimum atomic E-state index is -0.967. The zero-order valence-corrected chi connectivity index (χ0v) is 27.3. The predicted octanol–water partition coefficient (Wildman–Crippen LogP) is 6.00. The predicted molar refractivity (Wildman–Crippen MR) is 182 cm³/mol. The van der Waals surface area contributed by atoms with Crippen molar-refractivity contribution in [1.29, 1.82) is 0 Å². The lowest BCUT2D eigenvalue weighted by Crippen LogP contribution is -2.56. The summed E-state index contributed by atoms with van der Waals surface area (Å²) in [6, 6.07) is 9.02. The van der Waals surface area contributed by atoms with Crippen molar-refractivity contribution in [3.8, 4) is 17.3 Å². The molecule has 49 heavy (non-hydrogen) atoms. The third-order valence-corrected chi connectivity index (χ3v) is 9.79. The molecule has 0 aliphatic carbocycles. The number of carbonyl (C=O) groups excluding carboxylic acids is 1. The molecule has 2 aromatic carbocycles. The molecule has 5 heterocycles. The Morgan fingerprint density at radius 3 is 2.78 bits per heavy atom. The van der Waals surface area contributed by atoms with Crippen LogP contribution in [0.4, 0.5) is 19.0 Å². The number of thiazole rings is 1. The van der Waals surface area contributed by atoms with Crippen LogP contribution in [0.5, 0.6) is 6.01 Å². The van der Waals surface area contributed by atoms with Crippen LogP contribution in [-0.2, 0) is 4.79 Å². The Hall–Kier alpha value is -5.13. The number of likely N-dealkylation sites (N-methyl/N-ethyl adjacent to an activating group) is 1. The number of anilines is 1. The number of aromatic nitrogens is 4. The molecule has 10 nitrogen and oxygen atoms in total. The monoisotopic (exact) mass is 684 g/mol. The van der Waals surface area contributed by atoms with Crippen LogP contribution < -0.4 is 9.64 Å². The highest BCUT2D eigenvalue weighted by atomic mass is 32.1. The van der Waals surface area contributed by atoms with Gasteiger partial charge in [-0.05, 0) is 49.3 Å². The van der Waals surface area contributed by atoms with E-state index in [9.17, 15) is 9.18 Å². The second kappa shape index (κ2) is 13.8. The van der Waals surface area contributed by atoms with Crippen molar-refractivity contribution in [3.63, 3.8) is 0 Å². The molecule has 2 aliphatic rings. The van der Waals surface area contributed by atoms with Crippen molar-refractivity contribution >= 4 is 50.8 Å². The summed E-state index contributed by atoms with van der Waals surface area (Å²) in [5.74, 6) is -2.65. The molecular weight excluding hydrogens is 654 g/mol. The average molecular weight is 685 g/mol. The Bertz CT molecular complexity index is 2100. The first-order valence-electron chi connectivity index (χ1n) is 15.8. The molecule has 2 saturated heterocycles. The zero-order valence-electron chi connectivity index (χ0n) is 26.5. The van der Waals surface area contributed by atoms with Gasteiger partial charge < -0.3 is 24.3 Å².